The van der Waals surface area contributed by atoms with E-state index in [-0.39, 0.29) is 41.2 Å². The van der Waals surface area contributed by atoms with E-state index < -0.39 is 24.0 Å². The molecule has 0 radical (unpaired) electrons. The molecule has 0 aliphatic carbocycles. The Morgan fingerprint density at radius 1 is 0.900 bits per heavy atom. The summed E-state index contributed by atoms with van der Waals surface area (Å²) in [7, 11) is 3.05. The minimum absolute atomic E-state index is 0.0262. The van der Waals surface area contributed by atoms with E-state index in [2.05, 4.69) is 10.2 Å². The third-order valence-electron chi connectivity index (χ3n) is 10.9. The molecule has 0 spiro atoms. The molecule has 15 heteroatoms. The number of alkyl carbamates (subject to hydrolysis) is 1. The number of pyridine rings is 1. The number of carboxylic acid groups (broad SMARTS) is 2. The largest absolute Gasteiger partial charge is 0.545 e. The number of carbonyl (C=O) groups is 3. The zero-order valence-electron chi connectivity index (χ0n) is 33.0. The molecule has 0 saturated carbocycles. The lowest BCUT2D eigenvalue weighted by Crippen LogP contribution is -2.52. The minimum atomic E-state index is -1.38. The average Bonchev–Trinajstić information content (AvgIpc) is 3.25. The van der Waals surface area contributed by atoms with Gasteiger partial charge in [-0.1, -0.05) is 89.9 Å². The predicted molar refractivity (Wildman–Crippen MR) is 220 cm³/mol. The van der Waals surface area contributed by atoms with E-state index >= 15 is 0 Å². The third kappa shape index (κ3) is 10.4. The van der Waals surface area contributed by atoms with Crippen LogP contribution in [0.2, 0.25) is 10.0 Å². The molecule has 4 heterocycles. The number of hydrogen-bond donors (Lipinski definition) is 3. The Hall–Kier alpha value is -6.02. The zero-order chi connectivity index (χ0) is 42.8. The zero-order valence-corrected chi connectivity index (χ0v) is 34.5. The van der Waals surface area contributed by atoms with Crippen LogP contribution < -0.4 is 29.4 Å². The molecule has 3 fully saturated rings. The predicted octanol–water partition coefficient (Wildman–Crippen LogP) is 6.46. The van der Waals surface area contributed by atoms with Gasteiger partial charge in [-0.25, -0.2) is 4.79 Å². The van der Waals surface area contributed by atoms with Gasteiger partial charge in [-0.3, -0.25) is 14.9 Å². The molecular formula is C45H45Cl2N3O10. The topological polar surface area (TPSA) is 171 Å². The van der Waals surface area contributed by atoms with Crippen molar-refractivity contribution >= 4 is 41.7 Å². The first-order valence-corrected chi connectivity index (χ1v) is 20.0. The first-order valence-electron chi connectivity index (χ1n) is 19.2. The fourth-order valence-electron chi connectivity index (χ4n) is 8.01. The normalized spacial score (nSPS) is 17.6. The summed E-state index contributed by atoms with van der Waals surface area (Å²) >= 11 is 13.2. The van der Waals surface area contributed by atoms with E-state index in [1.165, 1.54) is 32.7 Å². The van der Waals surface area contributed by atoms with Crippen LogP contribution in [0, 0.1) is 5.92 Å². The van der Waals surface area contributed by atoms with Crippen LogP contribution in [0.4, 0.5) is 4.79 Å². The quantitative estimate of drug-likeness (QED) is 0.0636. The number of benzene rings is 4. The Labute approximate surface area is 357 Å². The lowest BCUT2D eigenvalue weighted by Gasteiger charge is -2.43. The molecule has 5 aromatic rings. The first-order chi connectivity index (χ1) is 29.0. The highest BCUT2D eigenvalue weighted by atomic mass is 35.5. The number of methoxy groups -OCH3 is 2. The van der Waals surface area contributed by atoms with Crippen molar-refractivity contribution in [2.45, 2.75) is 43.9 Å². The summed E-state index contributed by atoms with van der Waals surface area (Å²) < 4.78 is 24.3. The van der Waals surface area contributed by atoms with Gasteiger partial charge in [0.15, 0.2) is 11.5 Å². The maximum Gasteiger partial charge on any atom is 0.408 e. The number of carboxylic acids is 1. The lowest BCUT2D eigenvalue weighted by molar-refractivity contribution is -0.904. The molecule has 1 aromatic heterocycles. The number of aromatic nitrogens is 1. The molecule has 3 aliphatic heterocycles. The minimum Gasteiger partial charge on any atom is -0.545 e. The molecular weight excluding hydrogens is 813 g/mol. The number of halogens is 2. The molecule has 60 heavy (non-hydrogen) atoms. The second-order valence-electron chi connectivity index (χ2n) is 14.4. The fourth-order valence-corrected chi connectivity index (χ4v) is 8.61. The van der Waals surface area contributed by atoms with E-state index in [0.717, 1.165) is 48.3 Å². The van der Waals surface area contributed by atoms with Crippen LogP contribution in [-0.4, -0.2) is 73.7 Å². The third-order valence-corrected chi connectivity index (χ3v) is 11.5. The molecule has 0 unspecified atom stereocenters. The van der Waals surface area contributed by atoms with Gasteiger partial charge < -0.3 is 39.3 Å². The highest BCUT2D eigenvalue weighted by molar-refractivity contribution is 6.35. The molecule has 8 rings (SSSR count). The number of carbonyl (C=O) groups excluding carboxylic acids is 2. The van der Waals surface area contributed by atoms with Crippen molar-refractivity contribution in [1.29, 1.82) is 0 Å². The summed E-state index contributed by atoms with van der Waals surface area (Å²) in [5.41, 5.74) is 3.76. The number of nitrogens with one attached hydrogen (secondary N) is 1. The summed E-state index contributed by atoms with van der Waals surface area (Å²) in [5, 5.41) is 33.3. The van der Waals surface area contributed by atoms with Crippen molar-refractivity contribution in [3.8, 4) is 17.2 Å². The monoisotopic (exact) mass is 857 g/mol. The van der Waals surface area contributed by atoms with Gasteiger partial charge in [0, 0.05) is 28.3 Å². The van der Waals surface area contributed by atoms with Gasteiger partial charge >= 0.3 is 6.09 Å². The fraction of sp³-hybridized carbons (Fsp3) is 0.289. The summed E-state index contributed by atoms with van der Waals surface area (Å²) in [5.74, 6) is -0.247. The van der Waals surface area contributed by atoms with Gasteiger partial charge in [-0.15, -0.1) is 0 Å². The first kappa shape index (κ1) is 43.6. The molecule has 314 valence electrons. The number of piperidine rings is 3. The summed E-state index contributed by atoms with van der Waals surface area (Å²) in [4.78, 5) is 36.9. The lowest BCUT2D eigenvalue weighted by atomic mass is 9.81. The molecule has 1 amide bonds. The maximum absolute atomic E-state index is 13.4. The summed E-state index contributed by atoms with van der Waals surface area (Å²) in [6.45, 7) is 2.56. The Kier molecular flexibility index (Phi) is 14.7. The molecule has 2 bridgehead atoms. The number of fused-ring (bicyclic) bond motifs is 3. The second-order valence-corrected chi connectivity index (χ2v) is 15.2. The molecule has 3 atom stereocenters. The van der Waals surface area contributed by atoms with Crippen molar-refractivity contribution in [3.05, 3.63) is 152 Å². The van der Waals surface area contributed by atoms with E-state index in [9.17, 15) is 19.9 Å². The molecule has 13 nitrogen and oxygen atoms in total. The highest BCUT2D eigenvalue weighted by Crippen LogP contribution is 2.40. The van der Waals surface area contributed by atoms with Gasteiger partial charge in [0.2, 0.25) is 12.4 Å². The molecule has 3 N–H and O–H groups in total. The number of rotatable bonds is 14. The maximum atomic E-state index is 13.4. The van der Waals surface area contributed by atoms with E-state index in [1.54, 1.807) is 30.3 Å². The number of hydrogen-bond acceptors (Lipinski definition) is 10. The number of aromatic carboxylic acids is 1. The van der Waals surface area contributed by atoms with Crippen LogP contribution in [0.1, 0.15) is 68.5 Å². The van der Waals surface area contributed by atoms with Crippen LogP contribution in [0.3, 0.4) is 0 Å². The van der Waals surface area contributed by atoms with Crippen molar-refractivity contribution in [1.82, 2.24) is 10.2 Å². The smallest absolute Gasteiger partial charge is 0.408 e. The second kappa shape index (κ2) is 20.3. The number of amides is 1. The summed E-state index contributed by atoms with van der Waals surface area (Å²) in [6.07, 6.45) is 4.19. The van der Waals surface area contributed by atoms with Crippen molar-refractivity contribution in [2.75, 3.05) is 33.9 Å². The SMILES string of the molecule is COc1ccc([C@H](Cc2c(Cl)c[n+](O)cc2Cl)c2c(COc3cccc([C@@H](NC(=O)O[C@H]4CN5CCC4CC5)c4ccccc4)c3)cccc2C(=O)[O-])cc1OC.O=CO. The van der Waals surface area contributed by atoms with Crippen molar-refractivity contribution in [2.24, 2.45) is 5.92 Å². The Bertz CT molecular complexity index is 2260. The Morgan fingerprint density at radius 3 is 2.20 bits per heavy atom. The highest BCUT2D eigenvalue weighted by Gasteiger charge is 2.37. The van der Waals surface area contributed by atoms with E-state index in [1.807, 2.05) is 54.6 Å². The van der Waals surface area contributed by atoms with Gasteiger partial charge in [0.25, 0.3) is 6.47 Å². The van der Waals surface area contributed by atoms with Crippen LogP contribution >= 0.6 is 23.2 Å². The van der Waals surface area contributed by atoms with Gasteiger partial charge in [-0.05, 0) is 90.4 Å². The van der Waals surface area contributed by atoms with Crippen molar-refractivity contribution < 1.29 is 53.5 Å². The molecule has 4 aromatic carbocycles. The van der Waals surface area contributed by atoms with Crippen LogP contribution in [-0.2, 0) is 22.6 Å². The molecule has 3 aliphatic rings. The summed E-state index contributed by atoms with van der Waals surface area (Å²) in [6, 6.07) is 26.8. The van der Waals surface area contributed by atoms with E-state index in [0.29, 0.717) is 45.4 Å². The molecule has 3 saturated heterocycles. The van der Waals surface area contributed by atoms with Gasteiger partial charge in [-0.2, -0.15) is 0 Å². The average molecular weight is 859 g/mol. The van der Waals surface area contributed by atoms with Crippen molar-refractivity contribution in [3.63, 3.8) is 0 Å². The van der Waals surface area contributed by atoms with Gasteiger partial charge in [0.1, 0.15) is 28.5 Å². The van der Waals surface area contributed by atoms with E-state index in [4.69, 9.17) is 52.1 Å². The standard InChI is InChI=1S/C44H43Cl2N3O8.CH2O2/c1-54-38-15-14-29(21-39(38)55-2)34(22-35-36(45)23-49(53)24-37(35)46)41-31(11-7-13-33(41)43(50)51)26-56-32-12-6-10-30(20-32)42(28-8-4-3-5-9-28)47-44(52)57-40-25-48-18-16-27(40)17-19-48;2-1-3/h3-15,20-21,23-24,27,34,40,42H,16-19,22,25-26H2,1-2H3,(H2-,47,50,51,52,53);1H,(H,2,3)/t34-,40-,42-;/m0./s1. The van der Waals surface area contributed by atoms with Crippen LogP contribution in [0.25, 0.3) is 0 Å². The van der Waals surface area contributed by atoms with Crippen LogP contribution in [0.15, 0.2) is 103 Å². The van der Waals surface area contributed by atoms with Gasteiger partial charge in [0.05, 0.1) is 26.2 Å². The number of nitrogens with zero attached hydrogens (tertiary/aromatic N) is 2. The number of ether oxygens (including phenoxy) is 4. The Morgan fingerprint density at radius 2 is 1.57 bits per heavy atom. The Balaban J connectivity index is 0.00000195. The van der Waals surface area contributed by atoms with Crippen LogP contribution in [0.5, 0.6) is 17.2 Å².